The van der Waals surface area contributed by atoms with Gasteiger partial charge < -0.3 is 68.0 Å². The van der Waals surface area contributed by atoms with Crippen LogP contribution in [0, 0.1) is 0 Å². The molecule has 31 heteroatoms. The van der Waals surface area contributed by atoms with Crippen LogP contribution < -0.4 is 53.0 Å². The molecule has 103 heavy (non-hydrogen) atoms. The van der Waals surface area contributed by atoms with Crippen molar-refractivity contribution in [2.75, 3.05) is 50.0 Å². The molecule has 0 saturated heterocycles. The Balaban J connectivity index is 0.000000362. The summed E-state index contributed by atoms with van der Waals surface area (Å²) in [6, 6.07) is 40.1. The van der Waals surface area contributed by atoms with Crippen LogP contribution in [0.15, 0.2) is 168 Å². The molecule has 0 heterocycles. The minimum absolute atomic E-state index is 0.0230. The van der Waals surface area contributed by atoms with Crippen molar-refractivity contribution in [2.45, 2.75) is 139 Å². The zero-order chi connectivity index (χ0) is 76.5. The number of aliphatic hydroxyl groups excluding tert-OH is 1. The summed E-state index contributed by atoms with van der Waals surface area (Å²) in [5, 5.41) is 38.6. The van der Waals surface area contributed by atoms with Crippen molar-refractivity contribution >= 4 is 100 Å². The van der Waals surface area contributed by atoms with Gasteiger partial charge in [0.25, 0.3) is 9.05 Å². The molecule has 8 amide bonds. The van der Waals surface area contributed by atoms with E-state index in [-0.39, 0.29) is 48.0 Å². The Kier molecular flexibility index (Phi) is 34.7. The summed E-state index contributed by atoms with van der Waals surface area (Å²) in [7, 11) is -2.15. The maximum Gasteiger partial charge on any atom is 0.397 e. The molecule has 0 aliphatic rings. The largest absolute Gasteiger partial charge is 0.474 e. The van der Waals surface area contributed by atoms with E-state index in [1.54, 1.807) is 69.3 Å². The van der Waals surface area contributed by atoms with Crippen LogP contribution in [-0.2, 0) is 89.3 Å². The van der Waals surface area contributed by atoms with E-state index < -0.39 is 120 Å². The number of benzene rings is 6. The number of esters is 1. The van der Waals surface area contributed by atoms with Crippen molar-refractivity contribution in [1.29, 1.82) is 0 Å². The number of carboxylic acid groups (broad SMARTS) is 1. The van der Waals surface area contributed by atoms with Gasteiger partial charge in [0.2, 0.25) is 45.5 Å². The van der Waals surface area contributed by atoms with Crippen LogP contribution in [0.4, 0.5) is 11.4 Å². The fourth-order valence-electron chi connectivity index (χ4n) is 9.19. The Morgan fingerprint density at radius 1 is 0.485 bits per heavy atom. The molecule has 0 radical (unpaired) electrons. The zero-order valence-corrected chi connectivity index (χ0v) is 60.9. The number of sulfonamides is 1. The molecule has 6 aromatic rings. The van der Waals surface area contributed by atoms with Gasteiger partial charge in [0.05, 0.1) is 28.6 Å². The Hall–Kier alpha value is -9.95. The number of rotatable bonds is 31. The van der Waals surface area contributed by atoms with Crippen LogP contribution >= 0.6 is 10.7 Å². The molecule has 0 fully saturated rings. The molecule has 13 N–H and O–H groups in total. The van der Waals surface area contributed by atoms with E-state index in [1.165, 1.54) is 50.2 Å². The number of halogens is 1. The molecule has 0 unspecified atom stereocenters. The van der Waals surface area contributed by atoms with Crippen molar-refractivity contribution in [2.24, 2.45) is 5.73 Å². The third-order valence-corrected chi connectivity index (χ3v) is 17.0. The minimum Gasteiger partial charge on any atom is -0.474 e. The molecule has 28 nitrogen and oxygen atoms in total. The average Bonchev–Trinajstić information content (AvgIpc) is 0.837. The molecule has 556 valence electrons. The molecule has 0 aliphatic heterocycles. The number of nitrogens with two attached hydrogens (primary N) is 1. The number of nitrogens with one attached hydrogen (secondary N) is 9. The first-order chi connectivity index (χ1) is 48.5. The van der Waals surface area contributed by atoms with E-state index >= 15 is 0 Å². The number of carbonyl (C=O) groups excluding carboxylic acids is 9. The molecule has 0 aromatic heterocycles. The number of unbranched alkanes of at least 4 members (excludes halogenated alkanes) is 2. The first kappa shape index (κ1) is 85.5. The summed E-state index contributed by atoms with van der Waals surface area (Å²) in [4.78, 5) is 122. The fourth-order valence-corrected chi connectivity index (χ4v) is 11.1. The molecule has 0 bridgehead atoms. The van der Waals surface area contributed by atoms with E-state index in [4.69, 9.17) is 31.0 Å². The van der Waals surface area contributed by atoms with Crippen LogP contribution in [0.1, 0.15) is 92.2 Å². The number of anilines is 2. The number of amides is 8. The van der Waals surface area contributed by atoms with Crippen molar-refractivity contribution < 1.29 is 84.5 Å². The van der Waals surface area contributed by atoms with Crippen LogP contribution in [-0.4, -0.2) is 161 Å². The summed E-state index contributed by atoms with van der Waals surface area (Å²) < 4.78 is 61.4. The van der Waals surface area contributed by atoms with E-state index in [0.29, 0.717) is 49.2 Å². The van der Waals surface area contributed by atoms with Gasteiger partial charge in [0.1, 0.15) is 29.8 Å². The van der Waals surface area contributed by atoms with E-state index in [1.807, 2.05) is 93.6 Å². The topological polar surface area (TPSA) is 432 Å². The van der Waals surface area contributed by atoms with Crippen molar-refractivity contribution in [1.82, 2.24) is 36.6 Å². The standard InChI is InChI=1S/C32H37N5O9S.C28H45N5O7.C12H9ClO2S/c1-21(39)35-28(20-38)30(41)37-27(18-22-12-14-25(15-13-22)36-31(42)32(43)44)29(40)33-16-5-6-17-34-47(45,46)26-11-7-10-24(19-26)23-8-3-2-4-9-23;1-18(34)31-22(17-39-27(2,3)4)24(36)33-21(23(35)30-15-9-8-14-29)16-19-10-12-20(13-11-19)32-25(37)26(38)40-28(5,6)7;13-16(14,15)12-8-4-7-11(9-12)10-5-2-1-3-6-10/h2-4,7-15,19,27-28,34,38H,5-6,16-18,20H2,1H3,(H,33,40)(H,35,39)(H,36,42)(H,37,41)(H,43,44);10-13,21-22H,8-9,14-17,29H2,1-7H3,(H,30,35)(H,31,34)(H,32,37)(H,33,36);1-9H/t27-,28-;21-,22-;/m00./s1. The number of hydrogen-bond acceptors (Lipinski definition) is 18. The SMILES string of the molecule is CC(=O)N[C@@H](CO)C(=O)N[C@@H](Cc1ccc(NC(=O)C(=O)O)cc1)C(=O)NCCCCNS(=O)(=O)c1cccc(-c2ccccc2)c1.CC(=O)N[C@@H](COC(C)(C)C)C(=O)N[C@@H](Cc1ccc(NC(=O)C(=O)OC(C)(C)C)cc1)C(=O)NCCCCN.O=S(=O)(Cl)c1cccc(-c2ccccc2)c1. The van der Waals surface area contributed by atoms with Crippen LogP contribution in [0.3, 0.4) is 0 Å². The summed E-state index contributed by atoms with van der Waals surface area (Å²) in [5.74, 6) is -8.09. The van der Waals surface area contributed by atoms with Gasteiger partial charge in [0.15, 0.2) is 0 Å². The molecule has 0 spiro atoms. The Morgan fingerprint density at radius 2 is 0.903 bits per heavy atom. The van der Waals surface area contributed by atoms with Gasteiger partial charge in [-0.05, 0) is 156 Å². The summed E-state index contributed by atoms with van der Waals surface area (Å²) in [6.45, 7) is 13.3. The van der Waals surface area contributed by atoms with E-state index in [0.717, 1.165) is 28.7 Å². The Labute approximate surface area is 604 Å². The van der Waals surface area contributed by atoms with Gasteiger partial charge in [0, 0.05) is 68.4 Å². The Bertz CT molecular complexity index is 4070. The first-order valence-electron chi connectivity index (χ1n) is 32.6. The van der Waals surface area contributed by atoms with Gasteiger partial charge in [-0.2, -0.15) is 0 Å². The number of ether oxygens (including phenoxy) is 2. The predicted octanol–water partition coefficient (Wildman–Crippen LogP) is 5.23. The lowest BCUT2D eigenvalue weighted by Crippen LogP contribution is -2.56. The second kappa shape index (κ2) is 41.8. The monoisotopic (exact) mass is 1480 g/mol. The number of aliphatic hydroxyl groups is 1. The molecule has 6 aromatic carbocycles. The van der Waals surface area contributed by atoms with Crippen LogP contribution in [0.25, 0.3) is 22.3 Å². The Morgan fingerprint density at radius 3 is 1.33 bits per heavy atom. The van der Waals surface area contributed by atoms with Crippen LogP contribution in [0.2, 0.25) is 0 Å². The fraction of sp³-hybridized carbons (Fsp3) is 0.361. The highest BCUT2D eigenvalue weighted by atomic mass is 35.7. The number of aliphatic carboxylic acids is 1. The number of carbonyl (C=O) groups is 10. The zero-order valence-electron chi connectivity index (χ0n) is 58.5. The molecule has 0 aliphatic carbocycles. The van der Waals surface area contributed by atoms with E-state index in [2.05, 4.69) is 47.3 Å². The van der Waals surface area contributed by atoms with Gasteiger partial charge >= 0.3 is 23.8 Å². The summed E-state index contributed by atoms with van der Waals surface area (Å²) in [6.07, 6.45) is 2.33. The molecule has 6 rings (SSSR count). The van der Waals surface area contributed by atoms with Gasteiger partial charge in [-0.15, -0.1) is 0 Å². The first-order valence-corrected chi connectivity index (χ1v) is 36.4. The van der Waals surface area contributed by atoms with Crippen molar-refractivity contribution in [3.63, 3.8) is 0 Å². The highest BCUT2D eigenvalue weighted by Crippen LogP contribution is 2.25. The quantitative estimate of drug-likeness (QED) is 0.0115. The predicted molar refractivity (Wildman–Crippen MR) is 388 cm³/mol. The molecule has 4 atom stereocenters. The van der Waals surface area contributed by atoms with E-state index in [9.17, 15) is 69.9 Å². The normalized spacial score (nSPS) is 12.4. The highest BCUT2D eigenvalue weighted by molar-refractivity contribution is 8.13. The molecular formula is C72H91ClN10O18S2. The second-order valence-electron chi connectivity index (χ2n) is 25.2. The lowest BCUT2D eigenvalue weighted by atomic mass is 10.0. The van der Waals surface area contributed by atoms with Gasteiger partial charge in [-0.3, -0.25) is 38.4 Å². The smallest absolute Gasteiger partial charge is 0.397 e. The lowest BCUT2D eigenvalue weighted by Gasteiger charge is -2.26. The molecule has 0 saturated carbocycles. The number of hydrogen-bond donors (Lipinski definition) is 12. The minimum atomic E-state index is -3.78. The second-order valence-corrected chi connectivity index (χ2v) is 29.5. The van der Waals surface area contributed by atoms with Gasteiger partial charge in [-0.1, -0.05) is 109 Å². The average molecular weight is 1480 g/mol. The highest BCUT2D eigenvalue weighted by Gasteiger charge is 2.30. The molecular weight excluding hydrogens is 1390 g/mol. The van der Waals surface area contributed by atoms with Crippen molar-refractivity contribution in [3.8, 4) is 22.3 Å². The lowest BCUT2D eigenvalue weighted by molar-refractivity contribution is -0.161. The third kappa shape index (κ3) is 32.7. The maximum atomic E-state index is 13.1. The van der Waals surface area contributed by atoms with Crippen molar-refractivity contribution in [3.05, 3.63) is 169 Å². The number of carboxylic acids is 1. The summed E-state index contributed by atoms with van der Waals surface area (Å²) >= 11 is 0. The third-order valence-electron chi connectivity index (χ3n) is 14.2. The maximum absolute atomic E-state index is 13.1. The van der Waals surface area contributed by atoms with Gasteiger partial charge in [-0.25, -0.2) is 31.1 Å². The summed E-state index contributed by atoms with van der Waals surface area (Å²) in [5.41, 5.74) is 9.41. The van der Waals surface area contributed by atoms with Crippen LogP contribution in [0.5, 0.6) is 0 Å².